The smallest absolute Gasteiger partial charge is 0.387 e. The van der Waals surface area contributed by atoms with Gasteiger partial charge in [0.25, 0.3) is 5.56 Å². The second-order valence-electron chi connectivity index (χ2n) is 5.95. The van der Waals surface area contributed by atoms with E-state index in [0.29, 0.717) is 0 Å². The van der Waals surface area contributed by atoms with Crippen LogP contribution in [0.5, 0.6) is 0 Å². The van der Waals surface area contributed by atoms with Crippen molar-refractivity contribution in [2.75, 3.05) is 32.7 Å². The molecule has 4 atom stereocenters. The van der Waals surface area contributed by atoms with Gasteiger partial charge in [-0.15, -0.1) is 0 Å². The predicted molar refractivity (Wildman–Crippen MR) is 92.1 cm³/mol. The number of H-pyrrole nitrogens is 1. The summed E-state index contributed by atoms with van der Waals surface area (Å²) in [5.41, 5.74) is 5.12. The number of rotatable bonds is 8. The molecule has 0 saturated carbocycles. The number of fused-ring (bicyclic) bond motifs is 1. The standard InChI is InChI=1S/C13H20N5O9P/c1-24-2-3-25-9-8(19)6(4-26-28(21,22)23)27-12(9)18-5-15-7-10(18)16-13(14)17-11(7)20/h5-6,8-9,12,19H,2-4H2,1H3,(H2,21,22,23)(H3,14,16,17,20)/t6-,8-,9-,12-/m1/s1. The van der Waals surface area contributed by atoms with E-state index in [0.717, 1.165) is 0 Å². The van der Waals surface area contributed by atoms with E-state index in [4.69, 9.17) is 29.7 Å². The third-order valence-corrected chi connectivity index (χ3v) is 4.53. The van der Waals surface area contributed by atoms with Crippen LogP contribution in [-0.4, -0.2) is 79.7 Å². The Morgan fingerprint density at radius 1 is 1.43 bits per heavy atom. The lowest BCUT2D eigenvalue weighted by Gasteiger charge is -2.22. The highest BCUT2D eigenvalue weighted by Gasteiger charge is 2.47. The first-order valence-corrected chi connectivity index (χ1v) is 9.61. The molecule has 0 amide bonds. The van der Waals surface area contributed by atoms with Crippen LogP contribution in [0.2, 0.25) is 0 Å². The van der Waals surface area contributed by atoms with Crippen molar-refractivity contribution in [1.82, 2.24) is 19.5 Å². The Labute approximate surface area is 157 Å². The fraction of sp³-hybridized carbons (Fsp3) is 0.615. The fourth-order valence-electron chi connectivity index (χ4n) is 2.83. The number of nitrogens with one attached hydrogen (secondary N) is 1. The van der Waals surface area contributed by atoms with Crippen molar-refractivity contribution in [3.05, 3.63) is 16.7 Å². The number of aliphatic hydroxyl groups excluding tert-OH is 1. The van der Waals surface area contributed by atoms with Crippen molar-refractivity contribution in [3.63, 3.8) is 0 Å². The maximum Gasteiger partial charge on any atom is 0.469 e. The molecule has 0 aromatic carbocycles. The lowest BCUT2D eigenvalue weighted by atomic mass is 10.1. The molecule has 0 unspecified atom stereocenters. The zero-order chi connectivity index (χ0) is 20.5. The summed E-state index contributed by atoms with van der Waals surface area (Å²) in [6.45, 7) is -0.253. The molecule has 0 bridgehead atoms. The average Bonchev–Trinajstić information content (AvgIpc) is 3.15. The van der Waals surface area contributed by atoms with E-state index in [1.54, 1.807) is 0 Å². The van der Waals surface area contributed by atoms with Crippen molar-refractivity contribution in [3.8, 4) is 0 Å². The van der Waals surface area contributed by atoms with Crippen molar-refractivity contribution in [2.45, 2.75) is 24.5 Å². The van der Waals surface area contributed by atoms with Crippen LogP contribution < -0.4 is 11.3 Å². The topological polar surface area (TPSA) is 204 Å². The molecule has 0 radical (unpaired) electrons. The molecule has 1 saturated heterocycles. The first kappa shape index (κ1) is 20.8. The molecule has 1 fully saturated rings. The number of aliphatic hydroxyl groups is 1. The highest BCUT2D eigenvalue weighted by atomic mass is 31.2. The Balaban J connectivity index is 1.92. The second kappa shape index (κ2) is 8.23. The van der Waals surface area contributed by atoms with E-state index in [1.165, 1.54) is 18.0 Å². The predicted octanol–water partition coefficient (Wildman–Crippen LogP) is -1.90. The van der Waals surface area contributed by atoms with Crippen LogP contribution in [0.3, 0.4) is 0 Å². The van der Waals surface area contributed by atoms with E-state index in [-0.39, 0.29) is 30.3 Å². The van der Waals surface area contributed by atoms with Crippen LogP contribution in [-0.2, 0) is 23.3 Å². The van der Waals surface area contributed by atoms with E-state index in [9.17, 15) is 14.5 Å². The third kappa shape index (κ3) is 4.39. The molecule has 15 heteroatoms. The van der Waals surface area contributed by atoms with E-state index in [1.807, 2.05) is 0 Å². The Kier molecular flexibility index (Phi) is 6.12. The summed E-state index contributed by atoms with van der Waals surface area (Å²) in [7, 11) is -3.29. The van der Waals surface area contributed by atoms with Gasteiger partial charge in [-0.05, 0) is 0 Å². The molecule has 14 nitrogen and oxygen atoms in total. The van der Waals surface area contributed by atoms with E-state index >= 15 is 0 Å². The molecule has 3 heterocycles. The van der Waals surface area contributed by atoms with Crippen LogP contribution in [0, 0.1) is 0 Å². The third-order valence-electron chi connectivity index (χ3n) is 4.04. The van der Waals surface area contributed by atoms with Crippen molar-refractivity contribution in [2.24, 2.45) is 0 Å². The lowest BCUT2D eigenvalue weighted by Crippen LogP contribution is -2.36. The van der Waals surface area contributed by atoms with Gasteiger partial charge in [-0.2, -0.15) is 4.98 Å². The van der Waals surface area contributed by atoms with Gasteiger partial charge in [-0.1, -0.05) is 0 Å². The number of hydrogen-bond acceptors (Lipinski definition) is 10. The number of nitrogen functional groups attached to an aromatic ring is 1. The molecule has 0 aliphatic carbocycles. The number of hydrogen-bond donors (Lipinski definition) is 5. The Bertz CT molecular complexity index is 927. The minimum Gasteiger partial charge on any atom is -0.387 e. The van der Waals surface area contributed by atoms with E-state index in [2.05, 4.69) is 19.5 Å². The molecule has 156 valence electrons. The summed E-state index contributed by atoms with van der Waals surface area (Å²) < 4.78 is 33.0. The normalized spacial score (nSPS) is 25.6. The first-order valence-electron chi connectivity index (χ1n) is 8.07. The van der Waals surface area contributed by atoms with Crippen LogP contribution in [0.25, 0.3) is 11.2 Å². The van der Waals surface area contributed by atoms with Crippen LogP contribution in [0.4, 0.5) is 5.95 Å². The Hall–Kier alpha value is -1.90. The largest absolute Gasteiger partial charge is 0.469 e. The van der Waals surface area contributed by atoms with Crippen molar-refractivity contribution < 1.29 is 38.2 Å². The summed E-state index contributed by atoms with van der Waals surface area (Å²) in [6, 6.07) is 0. The van der Waals surface area contributed by atoms with Gasteiger partial charge in [0.05, 0.1) is 26.1 Å². The molecule has 1 aliphatic heterocycles. The zero-order valence-corrected chi connectivity index (χ0v) is 15.6. The number of nitrogens with zero attached hydrogens (tertiary/aromatic N) is 3. The minimum atomic E-state index is -4.77. The van der Waals surface area contributed by atoms with Gasteiger partial charge in [0.2, 0.25) is 5.95 Å². The first-order chi connectivity index (χ1) is 13.2. The zero-order valence-electron chi connectivity index (χ0n) is 14.7. The minimum absolute atomic E-state index is 0.00199. The highest BCUT2D eigenvalue weighted by molar-refractivity contribution is 7.46. The molecule has 0 spiro atoms. The molecule has 1 aliphatic rings. The number of phosphoric ester groups is 1. The number of imidazole rings is 1. The summed E-state index contributed by atoms with van der Waals surface area (Å²) in [4.78, 5) is 40.1. The van der Waals surface area contributed by atoms with Gasteiger partial charge in [-0.25, -0.2) is 9.55 Å². The summed E-state index contributed by atoms with van der Waals surface area (Å²) in [5, 5.41) is 10.5. The fourth-order valence-corrected chi connectivity index (χ4v) is 3.17. The number of aromatic amines is 1. The van der Waals surface area contributed by atoms with Gasteiger partial charge in [-0.3, -0.25) is 18.9 Å². The SMILES string of the molecule is COCCO[C@@H]1[C@H](O)[C@@H](COP(=O)(O)O)O[C@H]1n1cnc2c(=O)[nH]c(N)nc21. The molecule has 6 N–H and O–H groups in total. The summed E-state index contributed by atoms with van der Waals surface area (Å²) in [5.74, 6) is -0.143. The highest BCUT2D eigenvalue weighted by Crippen LogP contribution is 2.39. The molecule has 2 aromatic heterocycles. The number of nitrogens with two attached hydrogens (primary N) is 1. The van der Waals surface area contributed by atoms with Crippen molar-refractivity contribution in [1.29, 1.82) is 0 Å². The average molecular weight is 421 g/mol. The molecule has 3 rings (SSSR count). The molecule has 28 heavy (non-hydrogen) atoms. The quantitative estimate of drug-likeness (QED) is 0.234. The molecular formula is C13H20N5O9P. The number of anilines is 1. The Morgan fingerprint density at radius 2 is 2.18 bits per heavy atom. The van der Waals surface area contributed by atoms with Crippen LogP contribution in [0.1, 0.15) is 6.23 Å². The number of methoxy groups -OCH3 is 1. The van der Waals surface area contributed by atoms with Crippen molar-refractivity contribution >= 4 is 24.9 Å². The maximum absolute atomic E-state index is 12.0. The second-order valence-corrected chi connectivity index (χ2v) is 7.18. The summed E-state index contributed by atoms with van der Waals surface area (Å²) >= 11 is 0. The maximum atomic E-state index is 12.0. The van der Waals surface area contributed by atoms with E-state index < -0.39 is 44.5 Å². The molecular weight excluding hydrogens is 401 g/mol. The number of phosphoric acid groups is 1. The summed E-state index contributed by atoms with van der Waals surface area (Å²) in [6.07, 6.45) is -3.16. The van der Waals surface area contributed by atoms with Crippen LogP contribution in [0.15, 0.2) is 11.1 Å². The van der Waals surface area contributed by atoms with Gasteiger partial charge in [0, 0.05) is 7.11 Å². The lowest BCUT2D eigenvalue weighted by molar-refractivity contribution is -0.0784. The van der Waals surface area contributed by atoms with Gasteiger partial charge in [0.1, 0.15) is 18.3 Å². The van der Waals surface area contributed by atoms with Gasteiger partial charge < -0.3 is 34.8 Å². The molecule has 2 aromatic rings. The number of ether oxygens (including phenoxy) is 3. The number of aromatic nitrogens is 4. The van der Waals surface area contributed by atoms with Crippen LogP contribution >= 0.6 is 7.82 Å². The monoisotopic (exact) mass is 421 g/mol. The van der Waals surface area contributed by atoms with Gasteiger partial charge >= 0.3 is 7.82 Å². The van der Waals surface area contributed by atoms with Gasteiger partial charge in [0.15, 0.2) is 17.4 Å². The Morgan fingerprint density at radius 3 is 2.86 bits per heavy atom.